The minimum atomic E-state index is 0.210. The molecule has 1 unspecified atom stereocenters. The summed E-state index contributed by atoms with van der Waals surface area (Å²) in [6, 6.07) is 5.97. The van der Waals surface area contributed by atoms with Crippen molar-refractivity contribution in [3.8, 4) is 5.75 Å². The summed E-state index contributed by atoms with van der Waals surface area (Å²) < 4.78 is 0. The topological polar surface area (TPSA) is 32.3 Å². The largest absolute Gasteiger partial charge is 0.508 e. The molecule has 0 radical (unpaired) electrons. The lowest BCUT2D eigenvalue weighted by Gasteiger charge is -2.16. The van der Waals surface area contributed by atoms with Crippen LogP contribution in [0.4, 0.5) is 0 Å². The third kappa shape index (κ3) is 4.78. The van der Waals surface area contributed by atoms with E-state index in [2.05, 4.69) is 39.1 Å². The predicted octanol–water partition coefficient (Wildman–Crippen LogP) is 3.79. The van der Waals surface area contributed by atoms with Gasteiger partial charge in [0.25, 0.3) is 0 Å². The fraction of sp³-hybridized carbons (Fsp3) is 0.600. The molecule has 1 aromatic carbocycles. The highest BCUT2D eigenvalue weighted by atomic mass is 16.3. The van der Waals surface area contributed by atoms with Crippen LogP contribution in [0.1, 0.15) is 50.8 Å². The molecule has 2 nitrogen and oxygen atoms in total. The van der Waals surface area contributed by atoms with E-state index in [-0.39, 0.29) is 6.04 Å². The zero-order chi connectivity index (χ0) is 12.8. The van der Waals surface area contributed by atoms with Crippen molar-refractivity contribution in [1.82, 2.24) is 5.32 Å². The van der Waals surface area contributed by atoms with Gasteiger partial charge in [-0.3, -0.25) is 0 Å². The lowest BCUT2D eigenvalue weighted by Crippen LogP contribution is -2.20. The second-order valence-electron chi connectivity index (χ2n) is 5.27. The average molecular weight is 235 g/mol. The van der Waals surface area contributed by atoms with Gasteiger partial charge in [0.2, 0.25) is 0 Å². The molecule has 0 aliphatic rings. The quantitative estimate of drug-likeness (QED) is 0.735. The molecule has 0 aliphatic heterocycles. The van der Waals surface area contributed by atoms with Crippen molar-refractivity contribution >= 4 is 0 Å². The molecule has 0 fully saturated rings. The molecule has 0 spiro atoms. The molecule has 1 aromatic rings. The van der Waals surface area contributed by atoms with E-state index in [0.29, 0.717) is 5.75 Å². The predicted molar refractivity (Wildman–Crippen MR) is 73.3 cm³/mol. The molecule has 96 valence electrons. The number of phenolic OH excluding ortho intramolecular Hbond substituents is 1. The van der Waals surface area contributed by atoms with Gasteiger partial charge in [0.05, 0.1) is 0 Å². The maximum absolute atomic E-state index is 9.81. The number of rotatable bonds is 6. The Bertz CT molecular complexity index is 347. The summed E-state index contributed by atoms with van der Waals surface area (Å²) >= 11 is 0. The van der Waals surface area contributed by atoms with Crippen molar-refractivity contribution in [3.05, 3.63) is 29.3 Å². The van der Waals surface area contributed by atoms with Crippen LogP contribution in [-0.4, -0.2) is 11.7 Å². The van der Waals surface area contributed by atoms with E-state index in [0.717, 1.165) is 18.0 Å². The third-order valence-corrected chi connectivity index (χ3v) is 3.06. The van der Waals surface area contributed by atoms with Crippen molar-refractivity contribution in [2.24, 2.45) is 5.92 Å². The van der Waals surface area contributed by atoms with E-state index >= 15 is 0 Å². The van der Waals surface area contributed by atoms with Crippen LogP contribution in [0.15, 0.2) is 18.2 Å². The Balaban J connectivity index is 2.46. The first-order chi connectivity index (χ1) is 8.00. The van der Waals surface area contributed by atoms with E-state index in [1.54, 1.807) is 6.07 Å². The molecule has 0 heterocycles. The van der Waals surface area contributed by atoms with Crippen LogP contribution in [0.2, 0.25) is 0 Å². The van der Waals surface area contributed by atoms with Crippen LogP contribution in [-0.2, 0) is 0 Å². The second kappa shape index (κ2) is 6.65. The molecule has 0 aliphatic carbocycles. The molecule has 0 saturated carbocycles. The Morgan fingerprint density at radius 1 is 1.24 bits per heavy atom. The van der Waals surface area contributed by atoms with Crippen LogP contribution < -0.4 is 5.32 Å². The number of hydrogen-bond donors (Lipinski definition) is 2. The maximum Gasteiger partial charge on any atom is 0.120 e. The van der Waals surface area contributed by atoms with Gasteiger partial charge in [-0.15, -0.1) is 0 Å². The van der Waals surface area contributed by atoms with Gasteiger partial charge in [0, 0.05) is 11.6 Å². The number of phenols is 1. The normalized spacial score (nSPS) is 13.0. The van der Waals surface area contributed by atoms with E-state index in [4.69, 9.17) is 0 Å². The van der Waals surface area contributed by atoms with Gasteiger partial charge in [0.15, 0.2) is 0 Å². The first kappa shape index (κ1) is 14.0. The average Bonchev–Trinajstić information content (AvgIpc) is 2.27. The van der Waals surface area contributed by atoms with Crippen molar-refractivity contribution in [2.75, 3.05) is 6.54 Å². The van der Waals surface area contributed by atoms with Gasteiger partial charge < -0.3 is 10.4 Å². The molecule has 0 saturated heterocycles. The standard InChI is InChI=1S/C15H25NO/c1-11(2)6-5-9-16-13(4)14-10-12(3)7-8-15(14)17/h7-8,10-11,13,16-17H,5-6,9H2,1-4H3. The van der Waals surface area contributed by atoms with Crippen LogP contribution in [0.25, 0.3) is 0 Å². The van der Waals surface area contributed by atoms with Gasteiger partial charge in [-0.1, -0.05) is 31.5 Å². The Morgan fingerprint density at radius 2 is 1.94 bits per heavy atom. The molecule has 1 atom stereocenters. The zero-order valence-electron chi connectivity index (χ0n) is 11.5. The fourth-order valence-corrected chi connectivity index (χ4v) is 1.96. The van der Waals surface area contributed by atoms with Gasteiger partial charge in [-0.25, -0.2) is 0 Å². The molecule has 2 N–H and O–H groups in total. The van der Waals surface area contributed by atoms with Gasteiger partial charge in [0.1, 0.15) is 5.75 Å². The minimum absolute atomic E-state index is 0.210. The number of hydrogen-bond acceptors (Lipinski definition) is 2. The third-order valence-electron chi connectivity index (χ3n) is 3.06. The van der Waals surface area contributed by atoms with E-state index in [1.807, 2.05) is 6.07 Å². The zero-order valence-corrected chi connectivity index (χ0v) is 11.5. The van der Waals surface area contributed by atoms with Crippen molar-refractivity contribution in [3.63, 3.8) is 0 Å². The Hall–Kier alpha value is -1.02. The smallest absolute Gasteiger partial charge is 0.120 e. The summed E-state index contributed by atoms with van der Waals surface area (Å²) in [5, 5.41) is 13.3. The minimum Gasteiger partial charge on any atom is -0.508 e. The van der Waals surface area contributed by atoms with Gasteiger partial charge in [-0.05, 0) is 45.2 Å². The van der Waals surface area contributed by atoms with Crippen LogP contribution in [0.3, 0.4) is 0 Å². The molecule has 0 bridgehead atoms. The highest BCUT2D eigenvalue weighted by molar-refractivity contribution is 5.37. The molecule has 0 amide bonds. The van der Waals surface area contributed by atoms with Crippen LogP contribution >= 0.6 is 0 Å². The first-order valence-electron chi connectivity index (χ1n) is 6.53. The van der Waals surface area contributed by atoms with Crippen molar-refractivity contribution < 1.29 is 5.11 Å². The summed E-state index contributed by atoms with van der Waals surface area (Å²) in [6.45, 7) is 9.65. The van der Waals surface area contributed by atoms with Crippen LogP contribution in [0.5, 0.6) is 5.75 Å². The number of benzene rings is 1. The second-order valence-corrected chi connectivity index (χ2v) is 5.27. The number of aromatic hydroxyl groups is 1. The molecule has 1 rings (SSSR count). The van der Waals surface area contributed by atoms with Crippen LogP contribution in [0, 0.1) is 12.8 Å². The van der Waals surface area contributed by atoms with Gasteiger partial charge in [-0.2, -0.15) is 0 Å². The molecule has 0 aromatic heterocycles. The molecular formula is C15H25NO. The highest BCUT2D eigenvalue weighted by Crippen LogP contribution is 2.24. The maximum atomic E-state index is 9.81. The van der Waals surface area contributed by atoms with E-state index in [1.165, 1.54) is 18.4 Å². The molecular weight excluding hydrogens is 210 g/mol. The summed E-state index contributed by atoms with van der Waals surface area (Å²) in [5.41, 5.74) is 2.18. The highest BCUT2D eigenvalue weighted by Gasteiger charge is 2.09. The number of aryl methyl sites for hydroxylation is 1. The summed E-state index contributed by atoms with van der Waals surface area (Å²) in [7, 11) is 0. The first-order valence-corrected chi connectivity index (χ1v) is 6.53. The Labute approximate surface area is 105 Å². The summed E-state index contributed by atoms with van der Waals surface area (Å²) in [6.07, 6.45) is 2.44. The fourth-order valence-electron chi connectivity index (χ4n) is 1.96. The van der Waals surface area contributed by atoms with Crippen molar-refractivity contribution in [1.29, 1.82) is 0 Å². The lowest BCUT2D eigenvalue weighted by atomic mass is 10.0. The SMILES string of the molecule is Cc1ccc(O)c(C(C)NCCCC(C)C)c1. The van der Waals surface area contributed by atoms with Gasteiger partial charge >= 0.3 is 0 Å². The van der Waals surface area contributed by atoms with Crippen molar-refractivity contribution in [2.45, 2.75) is 46.6 Å². The summed E-state index contributed by atoms with van der Waals surface area (Å²) in [5.74, 6) is 1.15. The number of nitrogens with one attached hydrogen (secondary N) is 1. The summed E-state index contributed by atoms with van der Waals surface area (Å²) in [4.78, 5) is 0. The Kier molecular flexibility index (Phi) is 5.49. The molecule has 2 heteroatoms. The molecule has 17 heavy (non-hydrogen) atoms. The Morgan fingerprint density at radius 3 is 2.59 bits per heavy atom. The monoisotopic (exact) mass is 235 g/mol. The van der Waals surface area contributed by atoms with E-state index in [9.17, 15) is 5.11 Å². The lowest BCUT2D eigenvalue weighted by molar-refractivity contribution is 0.446. The van der Waals surface area contributed by atoms with E-state index < -0.39 is 0 Å².